The van der Waals surface area contributed by atoms with E-state index in [0.29, 0.717) is 11.0 Å². The zero-order valence-electron chi connectivity index (χ0n) is 10.4. The van der Waals surface area contributed by atoms with Gasteiger partial charge in [-0.1, -0.05) is 13.8 Å². The molecule has 6 heteroatoms. The van der Waals surface area contributed by atoms with Gasteiger partial charge in [0.15, 0.2) is 5.13 Å². The lowest BCUT2D eigenvalue weighted by molar-refractivity contribution is 0.156. The van der Waals surface area contributed by atoms with Crippen LogP contribution < -0.4 is 10.2 Å². The first-order valence-electron chi connectivity index (χ1n) is 5.63. The third-order valence-electron chi connectivity index (χ3n) is 2.13. The van der Waals surface area contributed by atoms with E-state index in [-0.39, 0.29) is 6.54 Å². The molecule has 98 valence electrons. The molecule has 1 aromatic rings. The van der Waals surface area contributed by atoms with Crippen molar-refractivity contribution in [2.24, 2.45) is 5.92 Å². The van der Waals surface area contributed by atoms with Crippen LogP contribution in [0.2, 0.25) is 0 Å². The summed E-state index contributed by atoms with van der Waals surface area (Å²) in [6.45, 7) is 5.70. The molecule has 1 N–H and O–H groups in total. The molecule has 1 heterocycles. The minimum atomic E-state index is -2.33. The van der Waals surface area contributed by atoms with Crippen LogP contribution in [0.25, 0.3) is 0 Å². The van der Waals surface area contributed by atoms with E-state index in [1.807, 2.05) is 0 Å². The van der Waals surface area contributed by atoms with Gasteiger partial charge >= 0.3 is 0 Å². The molecule has 0 spiro atoms. The molecule has 0 radical (unpaired) electrons. The largest absolute Gasteiger partial charge is 0.345 e. The van der Waals surface area contributed by atoms with Crippen LogP contribution in [-0.2, 0) is 6.54 Å². The van der Waals surface area contributed by atoms with Crippen molar-refractivity contribution < 1.29 is 8.78 Å². The minimum Gasteiger partial charge on any atom is -0.345 e. The molecule has 0 bridgehead atoms. The van der Waals surface area contributed by atoms with Crippen molar-refractivity contribution >= 4 is 16.5 Å². The standard InChI is InChI=1S/C11H19F2N3S/c1-8(2)4-14-5-9-6-15-11(17-9)16(3)7-10(12)13/h6,8,10,14H,4-5,7H2,1-3H3. The molecule has 0 amide bonds. The molecular formula is C11H19F2N3S. The first kappa shape index (κ1) is 14.3. The molecular weight excluding hydrogens is 244 g/mol. The van der Waals surface area contributed by atoms with Crippen molar-refractivity contribution in [1.29, 1.82) is 0 Å². The molecule has 1 aromatic heterocycles. The van der Waals surface area contributed by atoms with E-state index < -0.39 is 6.43 Å². The van der Waals surface area contributed by atoms with Gasteiger partial charge in [0.2, 0.25) is 0 Å². The predicted molar refractivity (Wildman–Crippen MR) is 67.9 cm³/mol. The molecule has 0 aromatic carbocycles. The highest BCUT2D eigenvalue weighted by molar-refractivity contribution is 7.15. The molecule has 0 atom stereocenters. The van der Waals surface area contributed by atoms with Gasteiger partial charge in [-0.2, -0.15) is 0 Å². The van der Waals surface area contributed by atoms with Gasteiger partial charge in [-0.3, -0.25) is 0 Å². The zero-order valence-corrected chi connectivity index (χ0v) is 11.2. The van der Waals surface area contributed by atoms with E-state index in [4.69, 9.17) is 0 Å². The van der Waals surface area contributed by atoms with Gasteiger partial charge in [0, 0.05) is 24.7 Å². The summed E-state index contributed by atoms with van der Waals surface area (Å²) >= 11 is 1.45. The normalized spacial score (nSPS) is 11.5. The van der Waals surface area contributed by atoms with Crippen LogP contribution in [0, 0.1) is 5.92 Å². The Morgan fingerprint density at radius 2 is 2.18 bits per heavy atom. The Bertz CT molecular complexity index is 328. The van der Waals surface area contributed by atoms with Crippen molar-refractivity contribution in [2.45, 2.75) is 26.8 Å². The molecule has 0 aliphatic rings. The highest BCUT2D eigenvalue weighted by atomic mass is 32.1. The van der Waals surface area contributed by atoms with Crippen LogP contribution in [0.3, 0.4) is 0 Å². The number of halogens is 2. The van der Waals surface area contributed by atoms with Gasteiger partial charge in [0.05, 0.1) is 6.54 Å². The lowest BCUT2D eigenvalue weighted by atomic mass is 10.2. The average Bonchev–Trinajstić information content (AvgIpc) is 2.64. The van der Waals surface area contributed by atoms with E-state index in [0.717, 1.165) is 18.0 Å². The minimum absolute atomic E-state index is 0.271. The van der Waals surface area contributed by atoms with Crippen LogP contribution in [0.1, 0.15) is 18.7 Å². The second kappa shape index (κ2) is 6.86. The summed E-state index contributed by atoms with van der Waals surface area (Å²) in [5.41, 5.74) is 0. The fraction of sp³-hybridized carbons (Fsp3) is 0.727. The summed E-state index contributed by atoms with van der Waals surface area (Å²) in [5, 5.41) is 3.94. The molecule has 1 rings (SSSR count). The van der Waals surface area contributed by atoms with Crippen LogP contribution in [0.15, 0.2) is 6.20 Å². The summed E-state index contributed by atoms with van der Waals surface area (Å²) in [6, 6.07) is 0. The number of alkyl halides is 2. The molecule has 0 fully saturated rings. The van der Waals surface area contributed by atoms with Crippen molar-refractivity contribution in [1.82, 2.24) is 10.3 Å². The second-order valence-electron chi connectivity index (χ2n) is 4.41. The summed E-state index contributed by atoms with van der Waals surface area (Å²) < 4.78 is 24.4. The zero-order chi connectivity index (χ0) is 12.8. The van der Waals surface area contributed by atoms with E-state index in [1.165, 1.54) is 16.2 Å². The fourth-order valence-corrected chi connectivity index (χ4v) is 2.17. The van der Waals surface area contributed by atoms with Gasteiger partial charge < -0.3 is 10.2 Å². The quantitative estimate of drug-likeness (QED) is 0.819. The number of hydrogen-bond acceptors (Lipinski definition) is 4. The van der Waals surface area contributed by atoms with Crippen molar-refractivity contribution in [3.05, 3.63) is 11.1 Å². The average molecular weight is 263 g/mol. The molecule has 0 aliphatic carbocycles. The maximum absolute atomic E-state index is 12.2. The number of aromatic nitrogens is 1. The molecule has 0 unspecified atom stereocenters. The smallest absolute Gasteiger partial charge is 0.255 e. The van der Waals surface area contributed by atoms with Gasteiger partial charge in [0.25, 0.3) is 6.43 Å². The van der Waals surface area contributed by atoms with Crippen LogP contribution >= 0.6 is 11.3 Å². The lowest BCUT2D eigenvalue weighted by Gasteiger charge is -2.14. The Balaban J connectivity index is 2.42. The van der Waals surface area contributed by atoms with E-state index in [9.17, 15) is 8.78 Å². The first-order valence-corrected chi connectivity index (χ1v) is 6.45. The van der Waals surface area contributed by atoms with E-state index in [1.54, 1.807) is 13.2 Å². The van der Waals surface area contributed by atoms with E-state index >= 15 is 0 Å². The highest BCUT2D eigenvalue weighted by Gasteiger charge is 2.11. The Kier molecular flexibility index (Phi) is 5.77. The number of hydrogen-bond donors (Lipinski definition) is 1. The molecule has 17 heavy (non-hydrogen) atoms. The van der Waals surface area contributed by atoms with Crippen LogP contribution in [0.4, 0.5) is 13.9 Å². The Hall–Kier alpha value is -0.750. The van der Waals surface area contributed by atoms with Gasteiger partial charge in [0.1, 0.15) is 0 Å². The van der Waals surface area contributed by atoms with Gasteiger partial charge in [-0.25, -0.2) is 13.8 Å². The van der Waals surface area contributed by atoms with Crippen LogP contribution in [-0.4, -0.2) is 31.5 Å². The Morgan fingerprint density at radius 1 is 1.47 bits per heavy atom. The summed E-state index contributed by atoms with van der Waals surface area (Å²) in [7, 11) is 1.64. The topological polar surface area (TPSA) is 28.2 Å². The number of nitrogens with one attached hydrogen (secondary N) is 1. The first-order chi connectivity index (χ1) is 7.99. The third-order valence-corrected chi connectivity index (χ3v) is 3.24. The number of rotatable bonds is 7. The predicted octanol–water partition coefficient (Wildman–Crippen LogP) is 2.59. The maximum atomic E-state index is 12.2. The number of anilines is 1. The summed E-state index contributed by atoms with van der Waals surface area (Å²) in [6.07, 6.45) is -0.582. The summed E-state index contributed by atoms with van der Waals surface area (Å²) in [4.78, 5) is 6.70. The van der Waals surface area contributed by atoms with Crippen molar-refractivity contribution in [2.75, 3.05) is 25.0 Å². The van der Waals surface area contributed by atoms with Gasteiger partial charge in [-0.15, -0.1) is 11.3 Å². The molecule has 0 aliphatic heterocycles. The van der Waals surface area contributed by atoms with Crippen molar-refractivity contribution in [3.63, 3.8) is 0 Å². The third kappa shape index (κ3) is 5.41. The fourth-order valence-electron chi connectivity index (χ4n) is 1.32. The second-order valence-corrected chi connectivity index (χ2v) is 5.50. The molecule has 0 saturated carbocycles. The van der Waals surface area contributed by atoms with Gasteiger partial charge in [-0.05, 0) is 12.5 Å². The maximum Gasteiger partial charge on any atom is 0.255 e. The molecule has 0 saturated heterocycles. The lowest BCUT2D eigenvalue weighted by Crippen LogP contribution is -2.23. The Morgan fingerprint density at radius 3 is 2.76 bits per heavy atom. The number of nitrogens with zero attached hydrogens (tertiary/aromatic N) is 2. The molecule has 3 nitrogen and oxygen atoms in total. The van der Waals surface area contributed by atoms with E-state index in [2.05, 4.69) is 24.1 Å². The summed E-state index contributed by atoms with van der Waals surface area (Å²) in [5.74, 6) is 0.601. The van der Waals surface area contributed by atoms with Crippen LogP contribution in [0.5, 0.6) is 0 Å². The Labute approximate surface area is 105 Å². The SMILES string of the molecule is CC(C)CNCc1cnc(N(C)CC(F)F)s1. The highest BCUT2D eigenvalue weighted by Crippen LogP contribution is 2.21. The monoisotopic (exact) mass is 263 g/mol. The van der Waals surface area contributed by atoms with Crippen molar-refractivity contribution in [3.8, 4) is 0 Å². The number of thiazole rings is 1.